The fraction of sp³-hybridized carbons (Fsp3) is 0.818. The molecule has 1 heterocycles. The largest absolute Gasteiger partial charge is 0.480 e. The summed E-state index contributed by atoms with van der Waals surface area (Å²) < 4.78 is 0. The van der Waals surface area contributed by atoms with Crippen molar-refractivity contribution in [2.24, 2.45) is 0 Å². The highest BCUT2D eigenvalue weighted by Gasteiger charge is 2.23. The van der Waals surface area contributed by atoms with Gasteiger partial charge < -0.3 is 14.9 Å². The van der Waals surface area contributed by atoms with E-state index in [2.05, 4.69) is 4.90 Å². The van der Waals surface area contributed by atoms with Gasteiger partial charge in [-0.25, -0.2) is 0 Å². The van der Waals surface area contributed by atoms with Crippen LogP contribution in [0.2, 0.25) is 0 Å². The van der Waals surface area contributed by atoms with Crippen molar-refractivity contribution in [3.63, 3.8) is 0 Å². The first-order valence-electron chi connectivity index (χ1n) is 5.66. The van der Waals surface area contributed by atoms with Gasteiger partial charge in [-0.15, -0.1) is 0 Å². The lowest BCUT2D eigenvalue weighted by Crippen LogP contribution is -2.41. The molecule has 0 aromatic carbocycles. The summed E-state index contributed by atoms with van der Waals surface area (Å²) in [4.78, 5) is 25.7. The summed E-state index contributed by atoms with van der Waals surface area (Å²) in [5.41, 5.74) is 0. The van der Waals surface area contributed by atoms with Crippen molar-refractivity contribution >= 4 is 11.9 Å². The number of carboxylic acid groups (broad SMARTS) is 1. The second-order valence-electron chi connectivity index (χ2n) is 4.48. The molecule has 0 spiro atoms. The summed E-state index contributed by atoms with van der Waals surface area (Å²) in [6, 6.07) is 0.275. The molecule has 92 valence electrons. The number of nitrogens with zero attached hydrogens (tertiary/aromatic N) is 2. The molecule has 1 rings (SSSR count). The maximum absolute atomic E-state index is 11.7. The first-order valence-corrected chi connectivity index (χ1v) is 5.66. The second kappa shape index (κ2) is 5.84. The minimum Gasteiger partial charge on any atom is -0.480 e. The predicted octanol–water partition coefficient (Wildman–Crippen LogP) is 0.404. The molecular formula is C11H20N2O3. The number of likely N-dealkylation sites (N-methyl/N-ethyl adjacent to an activating group) is 1. The highest BCUT2D eigenvalue weighted by molar-refractivity contribution is 5.81. The number of hydrogen-bond acceptors (Lipinski definition) is 3. The molecule has 1 unspecified atom stereocenters. The molecule has 0 bridgehead atoms. The molecule has 1 amide bonds. The first-order chi connectivity index (χ1) is 7.50. The molecule has 1 aliphatic heterocycles. The van der Waals surface area contributed by atoms with Crippen LogP contribution in [-0.4, -0.2) is 60.0 Å². The normalized spacial score (nSPS) is 21.8. The van der Waals surface area contributed by atoms with Gasteiger partial charge in [-0.05, 0) is 26.4 Å². The van der Waals surface area contributed by atoms with Crippen LogP contribution in [0.5, 0.6) is 0 Å². The van der Waals surface area contributed by atoms with E-state index in [1.165, 1.54) is 11.3 Å². The minimum absolute atomic E-state index is 0.0823. The predicted molar refractivity (Wildman–Crippen MR) is 60.2 cm³/mol. The third-order valence-corrected chi connectivity index (χ3v) is 3.13. The van der Waals surface area contributed by atoms with E-state index in [0.717, 1.165) is 19.4 Å². The Labute approximate surface area is 96.0 Å². The zero-order valence-corrected chi connectivity index (χ0v) is 9.98. The van der Waals surface area contributed by atoms with Crippen molar-refractivity contribution in [3.05, 3.63) is 0 Å². The topological polar surface area (TPSA) is 60.9 Å². The molecule has 0 aliphatic carbocycles. The van der Waals surface area contributed by atoms with Crippen LogP contribution in [0, 0.1) is 0 Å². The van der Waals surface area contributed by atoms with Gasteiger partial charge >= 0.3 is 5.97 Å². The van der Waals surface area contributed by atoms with Gasteiger partial charge in [0.15, 0.2) is 0 Å². The van der Waals surface area contributed by atoms with Crippen LogP contribution in [0.4, 0.5) is 0 Å². The van der Waals surface area contributed by atoms with E-state index in [4.69, 9.17) is 5.11 Å². The lowest BCUT2D eigenvalue weighted by atomic mass is 9.99. The third-order valence-electron chi connectivity index (χ3n) is 3.13. The van der Waals surface area contributed by atoms with E-state index in [0.29, 0.717) is 6.42 Å². The van der Waals surface area contributed by atoms with Crippen LogP contribution >= 0.6 is 0 Å². The van der Waals surface area contributed by atoms with Gasteiger partial charge in [0, 0.05) is 19.5 Å². The van der Waals surface area contributed by atoms with E-state index in [1.54, 1.807) is 7.05 Å². The molecule has 1 saturated heterocycles. The summed E-state index contributed by atoms with van der Waals surface area (Å²) in [5.74, 6) is -1.05. The van der Waals surface area contributed by atoms with Crippen LogP contribution in [0.25, 0.3) is 0 Å². The van der Waals surface area contributed by atoms with E-state index in [1.807, 2.05) is 7.05 Å². The highest BCUT2D eigenvalue weighted by atomic mass is 16.4. The van der Waals surface area contributed by atoms with Crippen LogP contribution in [-0.2, 0) is 9.59 Å². The molecule has 1 fully saturated rings. The van der Waals surface area contributed by atoms with Crippen molar-refractivity contribution in [2.45, 2.75) is 31.7 Å². The summed E-state index contributed by atoms with van der Waals surface area (Å²) in [6.07, 6.45) is 3.81. The molecule has 1 aliphatic rings. The van der Waals surface area contributed by atoms with Gasteiger partial charge in [-0.1, -0.05) is 6.42 Å². The van der Waals surface area contributed by atoms with Crippen molar-refractivity contribution in [1.82, 2.24) is 9.80 Å². The molecular weight excluding hydrogens is 208 g/mol. The van der Waals surface area contributed by atoms with E-state index < -0.39 is 5.97 Å². The summed E-state index contributed by atoms with van der Waals surface area (Å²) in [6.45, 7) is 0.815. The van der Waals surface area contributed by atoms with E-state index in [-0.39, 0.29) is 18.5 Å². The monoisotopic (exact) mass is 228 g/mol. The number of piperidine rings is 1. The third kappa shape index (κ3) is 3.81. The minimum atomic E-state index is -0.965. The molecule has 1 N–H and O–H groups in total. The van der Waals surface area contributed by atoms with Crippen LogP contribution < -0.4 is 0 Å². The van der Waals surface area contributed by atoms with Gasteiger partial charge in [0.25, 0.3) is 0 Å². The molecule has 5 nitrogen and oxygen atoms in total. The number of likely N-dealkylation sites (tertiary alicyclic amines) is 1. The fourth-order valence-corrected chi connectivity index (χ4v) is 2.05. The summed E-state index contributed by atoms with van der Waals surface area (Å²) in [5, 5.41) is 8.59. The Morgan fingerprint density at radius 2 is 2.12 bits per heavy atom. The van der Waals surface area contributed by atoms with Gasteiger partial charge in [-0.2, -0.15) is 0 Å². The number of amides is 1. The number of rotatable bonds is 4. The maximum atomic E-state index is 11.7. The first kappa shape index (κ1) is 13.0. The SMILES string of the molecule is CN(CC(=O)O)C(=O)CC1CCCCN1C. The van der Waals surface area contributed by atoms with Crippen molar-refractivity contribution in [3.8, 4) is 0 Å². The summed E-state index contributed by atoms with van der Waals surface area (Å²) in [7, 11) is 3.56. The molecule has 16 heavy (non-hydrogen) atoms. The quantitative estimate of drug-likeness (QED) is 0.757. The Kier molecular flexibility index (Phi) is 4.73. The van der Waals surface area contributed by atoms with Crippen LogP contribution in [0.1, 0.15) is 25.7 Å². The van der Waals surface area contributed by atoms with Gasteiger partial charge in [0.2, 0.25) is 5.91 Å². The molecule has 0 radical (unpaired) electrons. The fourth-order valence-electron chi connectivity index (χ4n) is 2.05. The Morgan fingerprint density at radius 1 is 1.44 bits per heavy atom. The molecule has 0 aromatic rings. The smallest absolute Gasteiger partial charge is 0.323 e. The molecule has 0 saturated carbocycles. The zero-order valence-electron chi connectivity index (χ0n) is 9.98. The maximum Gasteiger partial charge on any atom is 0.323 e. The lowest BCUT2D eigenvalue weighted by Gasteiger charge is -2.32. The van der Waals surface area contributed by atoms with Crippen molar-refractivity contribution < 1.29 is 14.7 Å². The van der Waals surface area contributed by atoms with Crippen LogP contribution in [0.3, 0.4) is 0 Å². The van der Waals surface area contributed by atoms with Crippen molar-refractivity contribution in [2.75, 3.05) is 27.2 Å². The zero-order chi connectivity index (χ0) is 12.1. The van der Waals surface area contributed by atoms with Crippen LogP contribution in [0.15, 0.2) is 0 Å². The summed E-state index contributed by atoms with van der Waals surface area (Å²) >= 11 is 0. The Bertz CT molecular complexity index is 268. The highest BCUT2D eigenvalue weighted by Crippen LogP contribution is 2.18. The van der Waals surface area contributed by atoms with Gasteiger partial charge in [0.1, 0.15) is 6.54 Å². The number of aliphatic carboxylic acids is 1. The number of carbonyl (C=O) groups excluding carboxylic acids is 1. The average Bonchev–Trinajstić information content (AvgIpc) is 2.20. The average molecular weight is 228 g/mol. The van der Waals surface area contributed by atoms with Gasteiger partial charge in [0.05, 0.1) is 0 Å². The number of carbonyl (C=O) groups is 2. The molecule has 0 aromatic heterocycles. The van der Waals surface area contributed by atoms with Gasteiger partial charge in [-0.3, -0.25) is 9.59 Å². The van der Waals surface area contributed by atoms with E-state index >= 15 is 0 Å². The standard InChI is InChI=1S/C11H20N2O3/c1-12-6-4-3-5-9(12)7-10(14)13(2)8-11(15)16/h9H,3-8H2,1-2H3,(H,15,16). The second-order valence-corrected chi connectivity index (χ2v) is 4.48. The Balaban J connectivity index is 2.40. The lowest BCUT2D eigenvalue weighted by molar-refractivity contribution is -0.144. The number of hydrogen-bond donors (Lipinski definition) is 1. The molecule has 1 atom stereocenters. The Hall–Kier alpha value is -1.10. The number of carboxylic acids is 1. The van der Waals surface area contributed by atoms with E-state index in [9.17, 15) is 9.59 Å². The van der Waals surface area contributed by atoms with Crippen molar-refractivity contribution in [1.29, 1.82) is 0 Å². The molecule has 5 heteroatoms. The Morgan fingerprint density at radius 3 is 2.69 bits per heavy atom.